The number of aliphatic hydroxyl groups excluding tert-OH is 1. The van der Waals surface area contributed by atoms with E-state index in [1.807, 2.05) is 0 Å². The Morgan fingerprint density at radius 3 is 3.09 bits per heavy atom. The predicted molar refractivity (Wildman–Crippen MR) is 38.7 cm³/mol. The summed E-state index contributed by atoms with van der Waals surface area (Å²) in [5.74, 6) is -0.0360. The maximum absolute atomic E-state index is 10.8. The van der Waals surface area contributed by atoms with Gasteiger partial charge in [0.25, 0.3) is 0 Å². The molecule has 0 aromatic heterocycles. The Morgan fingerprint density at radius 1 is 1.82 bits per heavy atom. The van der Waals surface area contributed by atoms with Gasteiger partial charge >= 0.3 is 0 Å². The van der Waals surface area contributed by atoms with Crippen molar-refractivity contribution in [3.05, 3.63) is 0 Å². The highest BCUT2D eigenvalue weighted by Gasteiger charge is 2.25. The van der Waals surface area contributed by atoms with E-state index in [0.29, 0.717) is 13.0 Å². The highest BCUT2D eigenvalue weighted by molar-refractivity contribution is 5.76. The zero-order valence-electron chi connectivity index (χ0n) is 6.54. The van der Waals surface area contributed by atoms with E-state index >= 15 is 0 Å². The van der Waals surface area contributed by atoms with Gasteiger partial charge in [-0.05, 0) is 6.42 Å². The van der Waals surface area contributed by atoms with Gasteiger partial charge in [0.2, 0.25) is 5.91 Å². The number of rotatable bonds is 2. The van der Waals surface area contributed by atoms with E-state index in [-0.39, 0.29) is 11.8 Å². The Morgan fingerprint density at radius 2 is 2.55 bits per heavy atom. The van der Waals surface area contributed by atoms with Gasteiger partial charge < -0.3 is 15.2 Å². The topological polar surface area (TPSA) is 58.6 Å². The third-order valence-corrected chi connectivity index (χ3v) is 1.93. The maximum Gasteiger partial charge on any atom is 0.220 e. The van der Waals surface area contributed by atoms with Crippen molar-refractivity contribution in [3.63, 3.8) is 0 Å². The van der Waals surface area contributed by atoms with Crippen LogP contribution in [0.1, 0.15) is 12.8 Å². The molecule has 1 heterocycles. The molecule has 2 atom stereocenters. The van der Waals surface area contributed by atoms with E-state index in [1.54, 1.807) is 0 Å². The first-order valence-corrected chi connectivity index (χ1v) is 3.71. The lowest BCUT2D eigenvalue weighted by molar-refractivity contribution is -0.140. The number of nitrogens with one attached hydrogen (secondary N) is 1. The molecule has 0 radical (unpaired) electrons. The van der Waals surface area contributed by atoms with E-state index in [9.17, 15) is 9.90 Å². The summed E-state index contributed by atoms with van der Waals surface area (Å²) in [4.78, 5) is 10.8. The molecule has 64 valence electrons. The Hall–Kier alpha value is -0.610. The number of piperidine rings is 1. The normalized spacial score (nSPS) is 27.8. The third-order valence-electron chi connectivity index (χ3n) is 1.93. The molecule has 2 unspecified atom stereocenters. The highest BCUT2D eigenvalue weighted by atomic mass is 16.6. The average Bonchev–Trinajstić information content (AvgIpc) is 2.03. The smallest absolute Gasteiger partial charge is 0.220 e. The number of ether oxygens (including phenoxy) is 1. The van der Waals surface area contributed by atoms with E-state index in [4.69, 9.17) is 4.74 Å². The van der Waals surface area contributed by atoms with Crippen molar-refractivity contribution in [2.24, 2.45) is 5.92 Å². The average molecular weight is 159 g/mol. The number of hydrogen-bond donors (Lipinski definition) is 2. The van der Waals surface area contributed by atoms with Gasteiger partial charge in [-0.15, -0.1) is 0 Å². The summed E-state index contributed by atoms with van der Waals surface area (Å²) < 4.78 is 4.71. The van der Waals surface area contributed by atoms with Crippen LogP contribution in [0.5, 0.6) is 0 Å². The van der Waals surface area contributed by atoms with Crippen LogP contribution in [0.2, 0.25) is 0 Å². The Labute approximate surface area is 65.5 Å². The van der Waals surface area contributed by atoms with Gasteiger partial charge in [-0.2, -0.15) is 0 Å². The lowest BCUT2D eigenvalue weighted by atomic mass is 9.97. The summed E-state index contributed by atoms with van der Waals surface area (Å²) in [6.07, 6.45) is 0.372. The SMILES string of the molecule is COC(O)C1CCNC(=O)C1. The minimum Gasteiger partial charge on any atom is -0.368 e. The molecule has 4 heteroatoms. The standard InChI is InChI=1S/C7H13NO3/c1-11-7(10)5-2-3-8-6(9)4-5/h5,7,10H,2-4H2,1H3,(H,8,9). The molecule has 1 saturated heterocycles. The molecule has 1 aliphatic heterocycles. The minimum absolute atomic E-state index is 0.00245. The van der Waals surface area contributed by atoms with Crippen LogP contribution >= 0.6 is 0 Å². The van der Waals surface area contributed by atoms with Crippen LogP contribution in [0.25, 0.3) is 0 Å². The van der Waals surface area contributed by atoms with Gasteiger partial charge in [0, 0.05) is 26.0 Å². The molecular weight excluding hydrogens is 146 g/mol. The van der Waals surface area contributed by atoms with Gasteiger partial charge in [-0.25, -0.2) is 0 Å². The fourth-order valence-electron chi connectivity index (χ4n) is 1.25. The molecule has 11 heavy (non-hydrogen) atoms. The molecule has 1 amide bonds. The number of methoxy groups -OCH3 is 1. The second kappa shape index (κ2) is 3.69. The van der Waals surface area contributed by atoms with Gasteiger partial charge in [0.1, 0.15) is 0 Å². The minimum atomic E-state index is -0.791. The summed E-state index contributed by atoms with van der Waals surface area (Å²) in [5, 5.41) is 11.9. The molecule has 1 aliphatic rings. The summed E-state index contributed by atoms with van der Waals surface area (Å²) >= 11 is 0. The molecule has 0 spiro atoms. The molecule has 0 saturated carbocycles. The summed E-state index contributed by atoms with van der Waals surface area (Å²) in [5.41, 5.74) is 0. The summed E-state index contributed by atoms with van der Waals surface area (Å²) in [6, 6.07) is 0. The van der Waals surface area contributed by atoms with Crippen LogP contribution in [0.4, 0.5) is 0 Å². The Bertz CT molecular complexity index is 149. The number of hydrogen-bond acceptors (Lipinski definition) is 3. The lowest BCUT2D eigenvalue weighted by Crippen LogP contribution is -2.38. The fraction of sp³-hybridized carbons (Fsp3) is 0.857. The second-order valence-electron chi connectivity index (χ2n) is 2.73. The number of carbonyl (C=O) groups is 1. The van der Waals surface area contributed by atoms with Gasteiger partial charge in [0.15, 0.2) is 6.29 Å². The second-order valence-corrected chi connectivity index (χ2v) is 2.73. The van der Waals surface area contributed by atoms with Crippen LogP contribution in [-0.2, 0) is 9.53 Å². The van der Waals surface area contributed by atoms with Gasteiger partial charge in [0.05, 0.1) is 0 Å². The van der Waals surface area contributed by atoms with Gasteiger partial charge in [-0.1, -0.05) is 0 Å². The first-order valence-electron chi connectivity index (χ1n) is 3.71. The van der Waals surface area contributed by atoms with Crippen LogP contribution in [0.15, 0.2) is 0 Å². The van der Waals surface area contributed by atoms with E-state index < -0.39 is 6.29 Å². The zero-order chi connectivity index (χ0) is 8.27. The van der Waals surface area contributed by atoms with Crippen molar-refractivity contribution in [3.8, 4) is 0 Å². The molecule has 0 aromatic carbocycles. The van der Waals surface area contributed by atoms with Crippen molar-refractivity contribution in [2.75, 3.05) is 13.7 Å². The lowest BCUT2D eigenvalue weighted by Gasteiger charge is -2.25. The predicted octanol–water partition coefficient (Wildman–Crippen LogP) is -0.523. The monoisotopic (exact) mass is 159 g/mol. The quantitative estimate of drug-likeness (QED) is 0.533. The van der Waals surface area contributed by atoms with Crippen molar-refractivity contribution in [2.45, 2.75) is 19.1 Å². The number of carbonyl (C=O) groups excluding carboxylic acids is 1. The van der Waals surface area contributed by atoms with Crippen molar-refractivity contribution >= 4 is 5.91 Å². The first-order chi connectivity index (χ1) is 5.24. The van der Waals surface area contributed by atoms with Crippen LogP contribution in [0, 0.1) is 5.92 Å². The van der Waals surface area contributed by atoms with Crippen molar-refractivity contribution < 1.29 is 14.6 Å². The summed E-state index contributed by atoms with van der Waals surface area (Å²) in [7, 11) is 1.44. The first kappa shape index (κ1) is 8.49. The molecule has 1 rings (SSSR count). The van der Waals surface area contributed by atoms with Crippen LogP contribution in [0.3, 0.4) is 0 Å². The third kappa shape index (κ3) is 2.17. The largest absolute Gasteiger partial charge is 0.368 e. The molecule has 0 aliphatic carbocycles. The van der Waals surface area contributed by atoms with E-state index in [2.05, 4.69) is 5.32 Å². The van der Waals surface area contributed by atoms with Gasteiger partial charge in [-0.3, -0.25) is 4.79 Å². The zero-order valence-corrected chi connectivity index (χ0v) is 6.54. The van der Waals surface area contributed by atoms with Crippen molar-refractivity contribution in [1.82, 2.24) is 5.32 Å². The molecule has 0 bridgehead atoms. The Kier molecular flexibility index (Phi) is 2.84. The van der Waals surface area contributed by atoms with E-state index in [1.165, 1.54) is 7.11 Å². The summed E-state index contributed by atoms with van der Waals surface area (Å²) in [6.45, 7) is 0.643. The maximum atomic E-state index is 10.8. The molecule has 0 aromatic rings. The van der Waals surface area contributed by atoms with E-state index in [0.717, 1.165) is 6.42 Å². The molecule has 1 fully saturated rings. The Balaban J connectivity index is 2.39. The highest BCUT2D eigenvalue weighted by Crippen LogP contribution is 2.16. The fourth-order valence-corrected chi connectivity index (χ4v) is 1.25. The molecular formula is C7H13NO3. The number of aliphatic hydroxyl groups is 1. The van der Waals surface area contributed by atoms with Crippen molar-refractivity contribution in [1.29, 1.82) is 0 Å². The molecule has 2 N–H and O–H groups in total. The number of amides is 1. The van der Waals surface area contributed by atoms with Crippen LogP contribution in [-0.4, -0.2) is 31.0 Å². The molecule has 4 nitrogen and oxygen atoms in total. The van der Waals surface area contributed by atoms with Crippen LogP contribution < -0.4 is 5.32 Å².